The van der Waals surface area contributed by atoms with Crippen molar-refractivity contribution in [1.29, 1.82) is 0 Å². The van der Waals surface area contributed by atoms with Crippen LogP contribution in [0.2, 0.25) is 0 Å². The minimum absolute atomic E-state index is 0.0353. The van der Waals surface area contributed by atoms with Crippen LogP contribution in [-0.2, 0) is 4.74 Å². The highest BCUT2D eigenvalue weighted by Crippen LogP contribution is 2.50. The number of hydrogen-bond acceptors (Lipinski definition) is 4. The lowest BCUT2D eigenvalue weighted by molar-refractivity contribution is -0.0318. The molecule has 1 aromatic carbocycles. The molecule has 0 radical (unpaired) electrons. The topological polar surface area (TPSA) is 47.0 Å². The highest BCUT2D eigenvalue weighted by atomic mass is 19.1. The Kier molecular flexibility index (Phi) is 3.13. The zero-order valence-corrected chi connectivity index (χ0v) is 13.5. The summed E-state index contributed by atoms with van der Waals surface area (Å²) in [7, 11) is 0. The lowest BCUT2D eigenvalue weighted by Gasteiger charge is -2.39. The minimum Gasteiger partial charge on any atom is -0.379 e. The van der Waals surface area contributed by atoms with Crippen LogP contribution >= 0.6 is 0 Å². The average Bonchev–Trinajstić information content (AvgIpc) is 3.20. The van der Waals surface area contributed by atoms with E-state index in [0.29, 0.717) is 23.3 Å². The molecule has 2 aliphatic heterocycles. The molecule has 3 atom stereocenters. The van der Waals surface area contributed by atoms with Gasteiger partial charge in [-0.15, -0.1) is 0 Å². The number of hydrogen-bond donors (Lipinski definition) is 1. The average molecular weight is 325 g/mol. The fourth-order valence-corrected chi connectivity index (χ4v) is 4.60. The van der Waals surface area contributed by atoms with Gasteiger partial charge < -0.3 is 10.1 Å². The molecule has 1 aliphatic carbocycles. The molecule has 4 nitrogen and oxygen atoms in total. The van der Waals surface area contributed by atoms with E-state index in [2.05, 4.69) is 10.3 Å². The maximum Gasteiger partial charge on any atom is 0.162 e. The first-order valence-electron chi connectivity index (χ1n) is 8.76. The summed E-state index contributed by atoms with van der Waals surface area (Å²) >= 11 is 0. The summed E-state index contributed by atoms with van der Waals surface area (Å²) in [5.41, 5.74) is 2.53. The lowest BCUT2D eigenvalue weighted by Crippen LogP contribution is -2.40. The van der Waals surface area contributed by atoms with Crippen LogP contribution in [0.25, 0.3) is 11.4 Å². The van der Waals surface area contributed by atoms with Crippen LogP contribution in [0.1, 0.15) is 43.7 Å². The zero-order valence-electron chi connectivity index (χ0n) is 13.5. The third kappa shape index (κ3) is 2.14. The van der Waals surface area contributed by atoms with Crippen molar-refractivity contribution in [2.75, 3.05) is 11.9 Å². The summed E-state index contributed by atoms with van der Waals surface area (Å²) in [6.45, 7) is 0.877. The predicted molar refractivity (Wildman–Crippen MR) is 89.3 cm³/mol. The van der Waals surface area contributed by atoms with Gasteiger partial charge in [0, 0.05) is 18.6 Å². The first kappa shape index (κ1) is 14.3. The lowest BCUT2D eigenvalue weighted by atomic mass is 9.74. The van der Waals surface area contributed by atoms with Crippen molar-refractivity contribution in [3.8, 4) is 11.4 Å². The van der Waals surface area contributed by atoms with Crippen molar-refractivity contribution < 1.29 is 9.13 Å². The van der Waals surface area contributed by atoms with Gasteiger partial charge in [0.25, 0.3) is 0 Å². The fraction of sp³-hybridized carbons (Fsp3) is 0.474. The van der Waals surface area contributed by atoms with E-state index in [9.17, 15) is 4.39 Å². The van der Waals surface area contributed by atoms with Gasteiger partial charge in [-0.2, -0.15) is 0 Å². The minimum atomic E-state index is -0.279. The molecule has 2 fully saturated rings. The van der Waals surface area contributed by atoms with Gasteiger partial charge >= 0.3 is 0 Å². The van der Waals surface area contributed by atoms with Gasteiger partial charge in [-0.25, -0.2) is 14.4 Å². The number of rotatable bonds is 1. The second-order valence-electron chi connectivity index (χ2n) is 7.21. The van der Waals surface area contributed by atoms with E-state index in [1.807, 2.05) is 12.3 Å². The molecule has 124 valence electrons. The number of nitrogens with one attached hydrogen (secondary N) is 1. The second-order valence-corrected chi connectivity index (χ2v) is 7.21. The Morgan fingerprint density at radius 2 is 2.17 bits per heavy atom. The van der Waals surface area contributed by atoms with E-state index in [1.165, 1.54) is 6.07 Å². The van der Waals surface area contributed by atoms with Crippen molar-refractivity contribution in [3.05, 3.63) is 42.0 Å². The molecular weight excluding hydrogens is 305 g/mol. The van der Waals surface area contributed by atoms with Crippen LogP contribution in [0, 0.1) is 5.82 Å². The third-order valence-electron chi connectivity index (χ3n) is 5.80. The highest BCUT2D eigenvalue weighted by Gasteiger charge is 2.47. The first-order valence-corrected chi connectivity index (χ1v) is 8.76. The van der Waals surface area contributed by atoms with Gasteiger partial charge in [0.1, 0.15) is 5.82 Å². The summed E-state index contributed by atoms with van der Waals surface area (Å²) in [5, 5.41) is 3.56. The maximum absolute atomic E-state index is 14.1. The van der Waals surface area contributed by atoms with E-state index >= 15 is 0 Å². The number of aromatic nitrogens is 2. The molecule has 0 bridgehead atoms. The smallest absolute Gasteiger partial charge is 0.162 e. The van der Waals surface area contributed by atoms with Gasteiger partial charge in [0.2, 0.25) is 0 Å². The summed E-state index contributed by atoms with van der Waals surface area (Å²) in [6, 6.07) is 7.10. The van der Waals surface area contributed by atoms with E-state index in [-0.39, 0.29) is 11.4 Å². The summed E-state index contributed by atoms with van der Waals surface area (Å²) in [6.07, 6.45) is 7.33. The standard InChI is InChI=1S/C19H20FN3O/c20-14-5-2-1-4-12(14)18-21-11-16-17(23-18)13-10-19(7-3-9-24-19)8-6-15(13)22-16/h1-2,4-5,11,13,15,22H,3,6-10H2. The van der Waals surface area contributed by atoms with Crippen LogP contribution in [0.3, 0.4) is 0 Å². The summed E-state index contributed by atoms with van der Waals surface area (Å²) in [5.74, 6) is 0.529. The molecule has 1 spiro atoms. The number of benzene rings is 1. The van der Waals surface area contributed by atoms with Gasteiger partial charge in [0.05, 0.1) is 28.7 Å². The van der Waals surface area contributed by atoms with E-state index in [4.69, 9.17) is 9.72 Å². The quantitative estimate of drug-likeness (QED) is 0.864. The number of anilines is 1. The molecule has 5 rings (SSSR count). The largest absolute Gasteiger partial charge is 0.379 e. The van der Waals surface area contributed by atoms with Crippen LogP contribution in [0.5, 0.6) is 0 Å². The molecule has 3 heterocycles. The van der Waals surface area contributed by atoms with E-state index < -0.39 is 0 Å². The van der Waals surface area contributed by atoms with E-state index in [0.717, 1.165) is 50.1 Å². The molecular formula is C19H20FN3O. The SMILES string of the molecule is Fc1ccccc1-c1ncc2c(n1)C1CC3(CCCO3)CCC1N2. The Balaban J connectivity index is 1.53. The molecule has 1 saturated heterocycles. The van der Waals surface area contributed by atoms with Crippen LogP contribution in [0.4, 0.5) is 10.1 Å². The maximum atomic E-state index is 14.1. The van der Waals surface area contributed by atoms with Crippen molar-refractivity contribution >= 4 is 5.69 Å². The molecule has 0 amide bonds. The number of fused-ring (bicyclic) bond motifs is 3. The third-order valence-corrected chi connectivity index (χ3v) is 5.80. The Morgan fingerprint density at radius 3 is 3.00 bits per heavy atom. The molecule has 1 saturated carbocycles. The van der Waals surface area contributed by atoms with Crippen molar-refractivity contribution in [3.63, 3.8) is 0 Å². The molecule has 1 aromatic heterocycles. The monoisotopic (exact) mass is 325 g/mol. The number of ether oxygens (including phenoxy) is 1. The van der Waals surface area contributed by atoms with Crippen molar-refractivity contribution in [1.82, 2.24) is 9.97 Å². The Morgan fingerprint density at radius 1 is 1.25 bits per heavy atom. The molecule has 24 heavy (non-hydrogen) atoms. The highest BCUT2D eigenvalue weighted by molar-refractivity contribution is 5.62. The Hall–Kier alpha value is -2.01. The van der Waals surface area contributed by atoms with Crippen molar-refractivity contribution in [2.45, 2.75) is 49.7 Å². The number of halogens is 1. The first-order chi connectivity index (χ1) is 11.7. The molecule has 3 aliphatic rings. The number of nitrogens with zero attached hydrogens (tertiary/aromatic N) is 2. The zero-order chi connectivity index (χ0) is 16.1. The van der Waals surface area contributed by atoms with Gasteiger partial charge in [-0.1, -0.05) is 12.1 Å². The fourth-order valence-electron chi connectivity index (χ4n) is 4.60. The van der Waals surface area contributed by atoms with Gasteiger partial charge in [0.15, 0.2) is 5.82 Å². The predicted octanol–water partition coefficient (Wildman–Crippen LogP) is 3.89. The van der Waals surface area contributed by atoms with Crippen LogP contribution in [-0.4, -0.2) is 28.2 Å². The molecule has 5 heteroatoms. The van der Waals surface area contributed by atoms with Crippen molar-refractivity contribution in [2.24, 2.45) is 0 Å². The van der Waals surface area contributed by atoms with Gasteiger partial charge in [-0.3, -0.25) is 0 Å². The summed E-state index contributed by atoms with van der Waals surface area (Å²) < 4.78 is 20.2. The Bertz CT molecular complexity index is 788. The normalized spacial score (nSPS) is 30.9. The molecule has 3 unspecified atom stereocenters. The Labute approximate surface area is 140 Å². The van der Waals surface area contributed by atoms with Crippen LogP contribution < -0.4 is 5.32 Å². The summed E-state index contributed by atoms with van der Waals surface area (Å²) in [4.78, 5) is 9.14. The molecule has 2 aromatic rings. The van der Waals surface area contributed by atoms with Gasteiger partial charge in [-0.05, 0) is 44.2 Å². The van der Waals surface area contributed by atoms with Crippen LogP contribution in [0.15, 0.2) is 30.5 Å². The molecule has 1 N–H and O–H groups in total. The van der Waals surface area contributed by atoms with E-state index in [1.54, 1.807) is 12.1 Å². The second kappa shape index (κ2) is 5.24.